The third-order valence-electron chi connectivity index (χ3n) is 4.90. The molecule has 4 nitrogen and oxygen atoms in total. The minimum absolute atomic E-state index is 0.517. The van der Waals surface area contributed by atoms with E-state index in [1.165, 1.54) is 12.1 Å². The van der Waals surface area contributed by atoms with Crippen molar-refractivity contribution in [1.29, 1.82) is 0 Å². The van der Waals surface area contributed by atoms with Gasteiger partial charge in [-0.3, -0.25) is 4.98 Å². The van der Waals surface area contributed by atoms with Gasteiger partial charge in [0.1, 0.15) is 11.6 Å². The van der Waals surface area contributed by atoms with Gasteiger partial charge in [0.2, 0.25) is 5.96 Å². The van der Waals surface area contributed by atoms with Gasteiger partial charge in [0.05, 0.1) is 5.70 Å². The normalized spacial score (nSPS) is 17.2. The number of aliphatic imine (C=N–C) groups is 1. The molecule has 2 aliphatic rings. The highest BCUT2D eigenvalue weighted by atomic mass is 19.1. The van der Waals surface area contributed by atoms with Crippen LogP contribution in [0, 0.1) is 11.6 Å². The fraction of sp³-hybridized carbons (Fsp3) is 0.182. The van der Waals surface area contributed by atoms with Gasteiger partial charge < -0.3 is 9.80 Å². The van der Waals surface area contributed by atoms with Crippen LogP contribution in [0.2, 0.25) is 0 Å². The molecule has 2 aromatic rings. The Morgan fingerprint density at radius 1 is 1.04 bits per heavy atom. The first kappa shape index (κ1) is 18.1. The Balaban J connectivity index is 1.64. The van der Waals surface area contributed by atoms with Gasteiger partial charge in [-0.15, -0.1) is 0 Å². The van der Waals surface area contributed by atoms with Crippen molar-refractivity contribution >= 4 is 17.2 Å². The summed E-state index contributed by atoms with van der Waals surface area (Å²) in [5.41, 5.74) is 4.04. The van der Waals surface area contributed by atoms with Gasteiger partial charge in [0, 0.05) is 49.9 Å². The fourth-order valence-electron chi connectivity index (χ4n) is 3.41. The smallest absolute Gasteiger partial charge is 0.206 e. The number of likely N-dealkylation sites (N-methyl/N-ethyl adjacent to an activating group) is 1. The highest BCUT2D eigenvalue weighted by molar-refractivity contribution is 5.92. The molecule has 0 spiro atoms. The third-order valence-corrected chi connectivity index (χ3v) is 4.90. The van der Waals surface area contributed by atoms with Gasteiger partial charge in [-0.25, -0.2) is 13.8 Å². The zero-order chi connectivity index (χ0) is 19.7. The third kappa shape index (κ3) is 3.58. The summed E-state index contributed by atoms with van der Waals surface area (Å²) in [5, 5.41) is 0. The number of aromatic nitrogens is 1. The second kappa shape index (κ2) is 7.38. The maximum absolute atomic E-state index is 13.7. The lowest BCUT2D eigenvalue weighted by Gasteiger charge is -2.37. The van der Waals surface area contributed by atoms with Crippen LogP contribution in [0.5, 0.6) is 0 Å². The summed E-state index contributed by atoms with van der Waals surface area (Å²) in [6, 6.07) is 7.43. The SMILES string of the molecule is C=C1C=C(c2ccncc2)N=C(N2CCC=C(c3cc(F)cc(F)c3)C2)N1C. The molecular formula is C22H20F2N4. The van der Waals surface area contributed by atoms with Crippen LogP contribution in [-0.2, 0) is 0 Å². The number of nitrogens with zero attached hydrogens (tertiary/aromatic N) is 4. The predicted octanol–water partition coefficient (Wildman–Crippen LogP) is 4.31. The predicted molar refractivity (Wildman–Crippen MR) is 107 cm³/mol. The van der Waals surface area contributed by atoms with E-state index in [1.807, 2.05) is 36.2 Å². The van der Waals surface area contributed by atoms with E-state index in [0.29, 0.717) is 12.1 Å². The molecule has 0 unspecified atom stereocenters. The van der Waals surface area contributed by atoms with E-state index in [1.54, 1.807) is 12.4 Å². The number of rotatable bonds is 2. The molecule has 28 heavy (non-hydrogen) atoms. The van der Waals surface area contributed by atoms with Gasteiger partial charge in [0.15, 0.2) is 0 Å². The molecule has 0 amide bonds. The van der Waals surface area contributed by atoms with E-state index in [-0.39, 0.29) is 0 Å². The van der Waals surface area contributed by atoms with Gasteiger partial charge in [-0.05, 0) is 47.9 Å². The van der Waals surface area contributed by atoms with Crippen molar-refractivity contribution in [3.63, 3.8) is 0 Å². The average molecular weight is 378 g/mol. The molecular weight excluding hydrogens is 358 g/mol. The van der Waals surface area contributed by atoms with Gasteiger partial charge in [-0.1, -0.05) is 12.7 Å². The van der Waals surface area contributed by atoms with Crippen molar-refractivity contribution < 1.29 is 8.78 Å². The molecule has 0 radical (unpaired) electrons. The van der Waals surface area contributed by atoms with Crippen molar-refractivity contribution in [1.82, 2.24) is 14.8 Å². The molecule has 1 aromatic carbocycles. The lowest BCUT2D eigenvalue weighted by molar-refractivity contribution is 0.401. The lowest BCUT2D eigenvalue weighted by Crippen LogP contribution is -2.45. The minimum Gasteiger partial charge on any atom is -0.338 e. The molecule has 1 aromatic heterocycles. The molecule has 142 valence electrons. The average Bonchev–Trinajstić information content (AvgIpc) is 2.70. The Morgan fingerprint density at radius 2 is 1.75 bits per heavy atom. The zero-order valence-corrected chi connectivity index (χ0v) is 15.6. The number of hydrogen-bond acceptors (Lipinski definition) is 4. The van der Waals surface area contributed by atoms with Gasteiger partial charge in [-0.2, -0.15) is 0 Å². The van der Waals surface area contributed by atoms with E-state index < -0.39 is 11.6 Å². The first-order chi connectivity index (χ1) is 13.5. The van der Waals surface area contributed by atoms with E-state index >= 15 is 0 Å². The summed E-state index contributed by atoms with van der Waals surface area (Å²) >= 11 is 0. The first-order valence-corrected chi connectivity index (χ1v) is 9.05. The van der Waals surface area contributed by atoms with Gasteiger partial charge in [0.25, 0.3) is 0 Å². The van der Waals surface area contributed by atoms with Crippen molar-refractivity contribution in [2.24, 2.45) is 4.99 Å². The van der Waals surface area contributed by atoms with Crippen LogP contribution in [0.25, 0.3) is 11.3 Å². The van der Waals surface area contributed by atoms with E-state index in [2.05, 4.69) is 16.5 Å². The standard InChI is InChI=1S/C22H20F2N4/c1-15-10-21(16-5-7-25-8-6-16)26-22(27(15)2)28-9-3-4-17(14-28)18-11-19(23)13-20(24)12-18/h4-8,10-13H,1,3,9,14H2,2H3. The van der Waals surface area contributed by atoms with Crippen LogP contribution in [0.4, 0.5) is 8.78 Å². The highest BCUT2D eigenvalue weighted by Crippen LogP contribution is 2.28. The number of benzene rings is 1. The molecule has 0 atom stereocenters. The quantitative estimate of drug-likeness (QED) is 0.781. The van der Waals surface area contributed by atoms with Crippen molar-refractivity contribution in [2.75, 3.05) is 20.1 Å². The topological polar surface area (TPSA) is 31.7 Å². The van der Waals surface area contributed by atoms with Crippen LogP contribution in [0.3, 0.4) is 0 Å². The highest BCUT2D eigenvalue weighted by Gasteiger charge is 2.25. The number of guanidine groups is 1. The summed E-state index contributed by atoms with van der Waals surface area (Å²) in [5.74, 6) is -0.380. The molecule has 0 saturated carbocycles. The minimum atomic E-state index is -0.573. The summed E-state index contributed by atoms with van der Waals surface area (Å²) in [4.78, 5) is 12.9. The van der Waals surface area contributed by atoms with E-state index in [9.17, 15) is 8.78 Å². The summed E-state index contributed by atoms with van der Waals surface area (Å²) < 4.78 is 27.3. The number of hydrogen-bond donors (Lipinski definition) is 0. The largest absolute Gasteiger partial charge is 0.338 e. The summed E-state index contributed by atoms with van der Waals surface area (Å²) in [6.07, 6.45) is 8.19. The molecule has 2 aliphatic heterocycles. The molecule has 6 heteroatoms. The molecule has 0 fully saturated rings. The molecule has 0 aliphatic carbocycles. The number of halogens is 2. The van der Waals surface area contributed by atoms with Crippen LogP contribution >= 0.6 is 0 Å². The Bertz CT molecular complexity index is 988. The Kier molecular flexibility index (Phi) is 4.77. The molecule has 0 bridgehead atoms. The molecule has 4 rings (SSSR count). The Morgan fingerprint density at radius 3 is 2.46 bits per heavy atom. The molecule has 0 saturated heterocycles. The molecule has 0 N–H and O–H groups in total. The lowest BCUT2D eigenvalue weighted by atomic mass is 10.0. The molecule has 3 heterocycles. The van der Waals surface area contributed by atoms with Gasteiger partial charge >= 0.3 is 0 Å². The van der Waals surface area contributed by atoms with Crippen LogP contribution in [0.15, 0.2) is 72.1 Å². The van der Waals surface area contributed by atoms with Crippen molar-refractivity contribution in [2.45, 2.75) is 6.42 Å². The Hall–Kier alpha value is -3.28. The fourth-order valence-corrected chi connectivity index (χ4v) is 3.41. The monoisotopic (exact) mass is 378 g/mol. The van der Waals surface area contributed by atoms with E-state index in [0.717, 1.165) is 47.5 Å². The second-order valence-corrected chi connectivity index (χ2v) is 6.83. The van der Waals surface area contributed by atoms with Crippen LogP contribution < -0.4 is 0 Å². The maximum atomic E-state index is 13.7. The van der Waals surface area contributed by atoms with Crippen molar-refractivity contribution in [3.8, 4) is 0 Å². The first-order valence-electron chi connectivity index (χ1n) is 9.05. The van der Waals surface area contributed by atoms with Crippen LogP contribution in [-0.4, -0.2) is 40.9 Å². The second-order valence-electron chi connectivity index (χ2n) is 6.83. The Labute approximate surface area is 162 Å². The van der Waals surface area contributed by atoms with E-state index in [4.69, 9.17) is 4.99 Å². The summed E-state index contributed by atoms with van der Waals surface area (Å²) in [7, 11) is 1.92. The van der Waals surface area contributed by atoms with Crippen molar-refractivity contribution in [3.05, 3.63) is 89.9 Å². The maximum Gasteiger partial charge on any atom is 0.206 e. The number of pyridine rings is 1. The number of allylic oxidation sites excluding steroid dienone is 1. The van der Waals surface area contributed by atoms with Crippen LogP contribution in [0.1, 0.15) is 17.5 Å². The summed E-state index contributed by atoms with van der Waals surface area (Å²) in [6.45, 7) is 5.41. The zero-order valence-electron chi connectivity index (χ0n) is 15.6.